The number of rotatable bonds is 1. The maximum Gasteiger partial charge on any atom is 0.408 e. The highest BCUT2D eigenvalue weighted by atomic mass is 16.6. The van der Waals surface area contributed by atoms with Crippen LogP contribution in [-0.4, -0.2) is 24.1 Å². The van der Waals surface area contributed by atoms with Gasteiger partial charge in [-0.15, -0.1) is 0 Å². The Kier molecular flexibility index (Phi) is 1.48. The minimum absolute atomic E-state index is 0.315. The van der Waals surface area contributed by atoms with Gasteiger partial charge in [-0.25, -0.2) is 4.79 Å². The fourth-order valence-corrected chi connectivity index (χ4v) is 0.817. The number of carbonyl (C=O) groups excluding carboxylic acids is 2. The highest BCUT2D eigenvalue weighted by Crippen LogP contribution is 2.06. The predicted octanol–water partition coefficient (Wildman–Crippen LogP) is -1.03. The number of hydrogen-bond acceptors (Lipinski definition) is 3. The van der Waals surface area contributed by atoms with Crippen molar-refractivity contribution in [1.82, 2.24) is 5.32 Å². The highest BCUT2D eigenvalue weighted by molar-refractivity contribution is 5.85. The van der Waals surface area contributed by atoms with Crippen LogP contribution in [0.25, 0.3) is 0 Å². The van der Waals surface area contributed by atoms with E-state index in [9.17, 15) is 9.59 Å². The van der Waals surface area contributed by atoms with E-state index in [2.05, 4.69) is 10.1 Å². The summed E-state index contributed by atoms with van der Waals surface area (Å²) in [5, 5.41) is 2.39. The van der Waals surface area contributed by atoms with Gasteiger partial charge in [0, 0.05) is 0 Å². The molecule has 10 heavy (non-hydrogen) atoms. The first-order valence-corrected chi connectivity index (χ1v) is 2.87. The fourth-order valence-electron chi connectivity index (χ4n) is 0.817. The van der Waals surface area contributed by atoms with E-state index >= 15 is 0 Å². The first kappa shape index (κ1) is 6.85. The third-order valence-electron chi connectivity index (χ3n) is 1.31. The van der Waals surface area contributed by atoms with Crippen LogP contribution in [0.5, 0.6) is 0 Å². The van der Waals surface area contributed by atoms with Gasteiger partial charge >= 0.3 is 6.09 Å². The molecule has 2 atom stereocenters. The highest BCUT2D eigenvalue weighted by Gasteiger charge is 2.34. The molecule has 0 aromatic carbocycles. The summed E-state index contributed by atoms with van der Waals surface area (Å²) in [4.78, 5) is 20.9. The van der Waals surface area contributed by atoms with E-state index in [-0.39, 0.29) is 6.04 Å². The molecule has 1 aliphatic heterocycles. The number of carbonyl (C=O) groups is 2. The molecule has 1 fully saturated rings. The van der Waals surface area contributed by atoms with E-state index in [4.69, 9.17) is 5.73 Å². The Hall–Kier alpha value is -1.26. The molecule has 0 aromatic heterocycles. The Morgan fingerprint density at radius 2 is 2.40 bits per heavy atom. The molecule has 56 valence electrons. The van der Waals surface area contributed by atoms with E-state index < -0.39 is 18.1 Å². The Bertz CT molecular complexity index is 180. The van der Waals surface area contributed by atoms with E-state index in [1.165, 1.54) is 0 Å². The molecule has 5 heteroatoms. The van der Waals surface area contributed by atoms with Gasteiger partial charge in [-0.3, -0.25) is 4.79 Å². The van der Waals surface area contributed by atoms with Crippen molar-refractivity contribution in [2.75, 3.05) is 0 Å². The summed E-state index contributed by atoms with van der Waals surface area (Å²) in [5.74, 6) is -0.620. The summed E-state index contributed by atoms with van der Waals surface area (Å²) < 4.78 is 4.51. The third kappa shape index (κ3) is 1.02. The average molecular weight is 144 g/mol. The normalized spacial score (nSPS) is 31.1. The average Bonchev–Trinajstić information content (AvgIpc) is 2.10. The van der Waals surface area contributed by atoms with Crippen LogP contribution < -0.4 is 11.1 Å². The van der Waals surface area contributed by atoms with Gasteiger partial charge in [0.15, 0.2) is 0 Å². The lowest BCUT2D eigenvalue weighted by Gasteiger charge is -2.06. The Morgan fingerprint density at radius 1 is 1.80 bits per heavy atom. The molecule has 2 unspecified atom stereocenters. The van der Waals surface area contributed by atoms with E-state index in [1.807, 2.05) is 0 Å². The molecule has 0 saturated carbocycles. The standard InChI is InChI=1S/C5H8N2O3/c1-2-3(4(6)8)10-5(9)7-2/h2-3H,1H3,(H2,6,8)(H,7,9). The quantitative estimate of drug-likeness (QED) is 0.493. The van der Waals surface area contributed by atoms with Crippen molar-refractivity contribution in [3.63, 3.8) is 0 Å². The van der Waals surface area contributed by atoms with Gasteiger partial charge in [0.1, 0.15) is 0 Å². The maximum absolute atomic E-state index is 10.5. The summed E-state index contributed by atoms with van der Waals surface area (Å²) in [6.07, 6.45) is -1.40. The molecule has 0 aromatic rings. The molecule has 1 aliphatic rings. The topological polar surface area (TPSA) is 81.4 Å². The molecule has 1 saturated heterocycles. The zero-order chi connectivity index (χ0) is 7.72. The number of primary amides is 1. The van der Waals surface area contributed by atoms with Crippen molar-refractivity contribution >= 4 is 12.0 Å². The molecule has 2 amide bonds. The van der Waals surface area contributed by atoms with E-state index in [1.54, 1.807) is 6.92 Å². The van der Waals surface area contributed by atoms with Gasteiger partial charge in [0.2, 0.25) is 6.10 Å². The Labute approximate surface area is 57.5 Å². The van der Waals surface area contributed by atoms with Gasteiger partial charge < -0.3 is 15.8 Å². The lowest BCUT2D eigenvalue weighted by atomic mass is 10.2. The maximum atomic E-state index is 10.5. The van der Waals surface area contributed by atoms with Crippen LogP contribution >= 0.6 is 0 Å². The molecule has 3 N–H and O–H groups in total. The molecule has 1 heterocycles. The molecular formula is C5H8N2O3. The second kappa shape index (κ2) is 2.17. The molecule has 0 aliphatic carbocycles. The van der Waals surface area contributed by atoms with Crippen molar-refractivity contribution in [3.8, 4) is 0 Å². The number of ether oxygens (including phenoxy) is 1. The number of hydrogen-bond donors (Lipinski definition) is 2. The van der Waals surface area contributed by atoms with Crippen molar-refractivity contribution < 1.29 is 14.3 Å². The summed E-state index contributed by atoms with van der Waals surface area (Å²) in [6, 6.07) is -0.315. The van der Waals surface area contributed by atoms with Crippen LogP contribution in [0.4, 0.5) is 4.79 Å². The van der Waals surface area contributed by atoms with Gasteiger partial charge in [-0.1, -0.05) is 0 Å². The van der Waals surface area contributed by atoms with Crippen LogP contribution in [0.3, 0.4) is 0 Å². The van der Waals surface area contributed by atoms with Crippen molar-refractivity contribution in [2.45, 2.75) is 19.1 Å². The van der Waals surface area contributed by atoms with Crippen molar-refractivity contribution in [2.24, 2.45) is 5.73 Å². The van der Waals surface area contributed by atoms with Crippen LogP contribution in [0.1, 0.15) is 6.92 Å². The minimum Gasteiger partial charge on any atom is -0.434 e. The number of cyclic esters (lactones) is 1. The van der Waals surface area contributed by atoms with Crippen LogP contribution in [0, 0.1) is 0 Å². The van der Waals surface area contributed by atoms with Crippen molar-refractivity contribution in [3.05, 3.63) is 0 Å². The second-order valence-electron chi connectivity index (χ2n) is 2.16. The number of nitrogens with one attached hydrogen (secondary N) is 1. The lowest BCUT2D eigenvalue weighted by Crippen LogP contribution is -2.38. The van der Waals surface area contributed by atoms with Gasteiger partial charge in [-0.2, -0.15) is 0 Å². The summed E-state index contributed by atoms with van der Waals surface area (Å²) in [5.41, 5.74) is 4.89. The molecule has 0 spiro atoms. The lowest BCUT2D eigenvalue weighted by molar-refractivity contribution is -0.125. The fraction of sp³-hybridized carbons (Fsp3) is 0.600. The van der Waals surface area contributed by atoms with E-state index in [0.717, 1.165) is 0 Å². The molecular weight excluding hydrogens is 136 g/mol. The number of amides is 2. The van der Waals surface area contributed by atoms with Gasteiger partial charge in [0.25, 0.3) is 5.91 Å². The van der Waals surface area contributed by atoms with Gasteiger partial charge in [0.05, 0.1) is 6.04 Å². The summed E-state index contributed by atoms with van der Waals surface area (Å²) in [7, 11) is 0. The predicted molar refractivity (Wildman–Crippen MR) is 32.1 cm³/mol. The minimum atomic E-state index is -0.813. The van der Waals surface area contributed by atoms with E-state index in [0.29, 0.717) is 0 Å². The van der Waals surface area contributed by atoms with Crippen LogP contribution in [0.15, 0.2) is 0 Å². The molecule has 0 radical (unpaired) electrons. The monoisotopic (exact) mass is 144 g/mol. The largest absolute Gasteiger partial charge is 0.434 e. The Balaban J connectivity index is 2.63. The molecule has 5 nitrogen and oxygen atoms in total. The van der Waals surface area contributed by atoms with Crippen LogP contribution in [0.2, 0.25) is 0 Å². The summed E-state index contributed by atoms with van der Waals surface area (Å²) >= 11 is 0. The van der Waals surface area contributed by atoms with Crippen LogP contribution in [-0.2, 0) is 9.53 Å². The van der Waals surface area contributed by atoms with Gasteiger partial charge in [-0.05, 0) is 6.92 Å². The second-order valence-corrected chi connectivity index (χ2v) is 2.16. The molecule has 1 rings (SSSR count). The zero-order valence-electron chi connectivity index (χ0n) is 5.46. The smallest absolute Gasteiger partial charge is 0.408 e. The number of nitrogens with two attached hydrogens (primary N) is 1. The first-order chi connectivity index (χ1) is 4.61. The third-order valence-corrected chi connectivity index (χ3v) is 1.31. The van der Waals surface area contributed by atoms with Crippen molar-refractivity contribution in [1.29, 1.82) is 0 Å². The molecule has 0 bridgehead atoms. The summed E-state index contributed by atoms with van der Waals surface area (Å²) in [6.45, 7) is 1.65. The Morgan fingerprint density at radius 3 is 2.60 bits per heavy atom. The SMILES string of the molecule is CC1NC(=O)OC1C(N)=O. The number of alkyl carbamates (subject to hydrolysis) is 1. The zero-order valence-corrected chi connectivity index (χ0v) is 5.46. The first-order valence-electron chi connectivity index (χ1n) is 2.87.